The average molecular weight is 367 g/mol. The molecule has 0 radical (unpaired) electrons. The van der Waals surface area contributed by atoms with E-state index in [-0.39, 0.29) is 23.8 Å². The van der Waals surface area contributed by atoms with Gasteiger partial charge in [0.15, 0.2) is 0 Å². The molecule has 0 aliphatic heterocycles. The highest BCUT2D eigenvalue weighted by Crippen LogP contribution is 2.16. The minimum absolute atomic E-state index is 0.0192. The summed E-state index contributed by atoms with van der Waals surface area (Å²) >= 11 is 6.07. The molecule has 0 saturated heterocycles. The van der Waals surface area contributed by atoms with Crippen molar-refractivity contribution >= 4 is 23.4 Å². The van der Waals surface area contributed by atoms with Gasteiger partial charge in [-0.2, -0.15) is 0 Å². The number of carbonyl (C=O) groups excluding carboxylic acids is 2. The maximum Gasteiger partial charge on any atom is 0.253 e. The van der Waals surface area contributed by atoms with Crippen LogP contribution in [0.4, 0.5) is 0 Å². The van der Waals surface area contributed by atoms with E-state index in [9.17, 15) is 9.59 Å². The molecular weight excluding hydrogens is 336 g/mol. The number of carbonyl (C=O) groups is 2. The maximum absolute atomic E-state index is 12.6. The van der Waals surface area contributed by atoms with Crippen molar-refractivity contribution in [1.82, 2.24) is 10.6 Å². The summed E-state index contributed by atoms with van der Waals surface area (Å²) in [5, 5.41) is 6.22. The molecule has 0 aromatic heterocycles. The number of benzene rings is 1. The summed E-state index contributed by atoms with van der Waals surface area (Å²) in [4.78, 5) is 25.0. The van der Waals surface area contributed by atoms with E-state index in [2.05, 4.69) is 24.5 Å². The fourth-order valence-electron chi connectivity index (χ4n) is 2.64. The van der Waals surface area contributed by atoms with Crippen LogP contribution in [0.1, 0.15) is 64.2 Å². The molecule has 0 aliphatic carbocycles. The first kappa shape index (κ1) is 21.5. The monoisotopic (exact) mass is 366 g/mol. The smallest absolute Gasteiger partial charge is 0.253 e. The van der Waals surface area contributed by atoms with E-state index in [1.807, 2.05) is 20.8 Å². The topological polar surface area (TPSA) is 58.2 Å². The van der Waals surface area contributed by atoms with Crippen LogP contribution in [0.25, 0.3) is 0 Å². The molecule has 1 aromatic carbocycles. The molecule has 0 aliphatic rings. The van der Waals surface area contributed by atoms with E-state index in [1.54, 1.807) is 24.3 Å². The van der Waals surface area contributed by atoms with Gasteiger partial charge < -0.3 is 10.6 Å². The number of nitrogens with one attached hydrogen (secondary N) is 2. The summed E-state index contributed by atoms with van der Waals surface area (Å²) in [5.74, 6) is 0.176. The fourth-order valence-corrected chi connectivity index (χ4v) is 2.86. The molecular formula is C20H31ClN2O2. The highest BCUT2D eigenvalue weighted by Gasteiger charge is 2.26. The Morgan fingerprint density at radius 1 is 1.00 bits per heavy atom. The summed E-state index contributed by atoms with van der Waals surface area (Å²) in [6.07, 6.45) is 3.17. The van der Waals surface area contributed by atoms with Crippen LogP contribution in [0.5, 0.6) is 0 Å². The zero-order chi connectivity index (χ0) is 19.0. The minimum atomic E-state index is -0.587. The first-order valence-electron chi connectivity index (χ1n) is 9.08. The van der Waals surface area contributed by atoms with E-state index in [0.29, 0.717) is 16.5 Å². The molecule has 0 bridgehead atoms. The van der Waals surface area contributed by atoms with Gasteiger partial charge in [-0.05, 0) is 37.3 Å². The number of hydrogen-bond acceptors (Lipinski definition) is 2. The molecule has 4 nitrogen and oxygen atoms in total. The van der Waals surface area contributed by atoms with E-state index in [0.717, 1.165) is 19.3 Å². The molecule has 140 valence electrons. The minimum Gasteiger partial charge on any atom is -0.352 e. The largest absolute Gasteiger partial charge is 0.352 e. The molecule has 0 spiro atoms. The maximum atomic E-state index is 12.6. The van der Waals surface area contributed by atoms with Gasteiger partial charge in [-0.3, -0.25) is 9.59 Å². The Hall–Kier alpha value is -1.55. The van der Waals surface area contributed by atoms with Crippen molar-refractivity contribution < 1.29 is 9.59 Å². The van der Waals surface area contributed by atoms with Gasteiger partial charge in [0, 0.05) is 6.04 Å². The Balaban J connectivity index is 2.65. The summed E-state index contributed by atoms with van der Waals surface area (Å²) in [7, 11) is 0. The molecule has 2 amide bonds. The molecule has 0 saturated carbocycles. The van der Waals surface area contributed by atoms with Crippen molar-refractivity contribution in [2.75, 3.05) is 0 Å². The van der Waals surface area contributed by atoms with Crippen molar-refractivity contribution in [2.45, 2.75) is 66.0 Å². The van der Waals surface area contributed by atoms with Gasteiger partial charge in [0.25, 0.3) is 5.91 Å². The SMILES string of the molecule is CC(C)CCCC(C)NC(=O)C(NC(=O)c1ccccc1Cl)C(C)C. The van der Waals surface area contributed by atoms with Gasteiger partial charge in [0.1, 0.15) is 6.04 Å². The van der Waals surface area contributed by atoms with Gasteiger partial charge in [0.2, 0.25) is 5.91 Å². The van der Waals surface area contributed by atoms with Gasteiger partial charge >= 0.3 is 0 Å². The molecule has 2 unspecified atom stereocenters. The van der Waals surface area contributed by atoms with E-state index < -0.39 is 6.04 Å². The summed E-state index contributed by atoms with van der Waals surface area (Å²) < 4.78 is 0. The molecule has 1 rings (SSSR count). The van der Waals surface area contributed by atoms with Crippen LogP contribution in [0.2, 0.25) is 5.02 Å². The Labute approximate surface area is 156 Å². The van der Waals surface area contributed by atoms with Gasteiger partial charge in [-0.15, -0.1) is 0 Å². The van der Waals surface area contributed by atoms with Crippen LogP contribution in [0.3, 0.4) is 0 Å². The van der Waals surface area contributed by atoms with Crippen LogP contribution in [0.15, 0.2) is 24.3 Å². The average Bonchev–Trinajstić information content (AvgIpc) is 2.51. The van der Waals surface area contributed by atoms with Crippen molar-refractivity contribution in [1.29, 1.82) is 0 Å². The fraction of sp³-hybridized carbons (Fsp3) is 0.600. The van der Waals surface area contributed by atoms with Crippen LogP contribution in [-0.2, 0) is 4.79 Å². The van der Waals surface area contributed by atoms with Crippen molar-refractivity contribution in [3.8, 4) is 0 Å². The van der Waals surface area contributed by atoms with Crippen molar-refractivity contribution in [3.63, 3.8) is 0 Å². The van der Waals surface area contributed by atoms with Crippen molar-refractivity contribution in [3.05, 3.63) is 34.9 Å². The first-order valence-corrected chi connectivity index (χ1v) is 9.46. The zero-order valence-electron chi connectivity index (χ0n) is 15.9. The number of halogens is 1. The third-order valence-corrected chi connectivity index (χ3v) is 4.49. The Bertz CT molecular complexity index is 573. The summed E-state index contributed by atoms with van der Waals surface area (Å²) in [6.45, 7) is 10.2. The van der Waals surface area contributed by atoms with E-state index in [1.165, 1.54) is 0 Å². The summed E-state index contributed by atoms with van der Waals surface area (Å²) in [6, 6.07) is 6.34. The molecule has 5 heteroatoms. The highest BCUT2D eigenvalue weighted by atomic mass is 35.5. The van der Waals surface area contributed by atoms with E-state index in [4.69, 9.17) is 11.6 Å². The summed E-state index contributed by atoms with van der Waals surface area (Å²) in [5.41, 5.74) is 0.382. The van der Waals surface area contributed by atoms with Crippen LogP contribution in [-0.4, -0.2) is 23.9 Å². The first-order chi connectivity index (χ1) is 11.7. The zero-order valence-corrected chi connectivity index (χ0v) is 16.7. The second-order valence-corrected chi connectivity index (χ2v) is 7.82. The lowest BCUT2D eigenvalue weighted by molar-refractivity contribution is -0.124. The number of rotatable bonds is 9. The third-order valence-electron chi connectivity index (χ3n) is 4.16. The Morgan fingerprint density at radius 3 is 2.20 bits per heavy atom. The predicted molar refractivity (Wildman–Crippen MR) is 104 cm³/mol. The quantitative estimate of drug-likeness (QED) is 0.679. The normalized spacial score (nSPS) is 13.6. The third kappa shape index (κ3) is 7.47. The predicted octanol–water partition coefficient (Wildman–Crippen LogP) is 4.43. The van der Waals surface area contributed by atoms with Gasteiger partial charge in [-0.25, -0.2) is 0 Å². The second-order valence-electron chi connectivity index (χ2n) is 7.41. The second kappa shape index (κ2) is 10.4. The van der Waals surface area contributed by atoms with Crippen molar-refractivity contribution in [2.24, 2.45) is 11.8 Å². The van der Waals surface area contributed by atoms with Gasteiger partial charge in [0.05, 0.1) is 10.6 Å². The molecule has 1 aromatic rings. The van der Waals surface area contributed by atoms with E-state index >= 15 is 0 Å². The number of amides is 2. The lowest BCUT2D eigenvalue weighted by atomic mass is 10.0. The molecule has 2 N–H and O–H groups in total. The van der Waals surface area contributed by atoms with Gasteiger partial charge in [-0.1, -0.05) is 64.3 Å². The van der Waals surface area contributed by atoms with Crippen LogP contribution in [0, 0.1) is 11.8 Å². The lowest BCUT2D eigenvalue weighted by Gasteiger charge is -2.24. The Morgan fingerprint density at radius 2 is 1.64 bits per heavy atom. The number of hydrogen-bond donors (Lipinski definition) is 2. The molecule has 25 heavy (non-hydrogen) atoms. The molecule has 0 fully saturated rings. The van der Waals surface area contributed by atoms with Crippen LogP contribution >= 0.6 is 11.6 Å². The van der Waals surface area contributed by atoms with Crippen LogP contribution < -0.4 is 10.6 Å². The highest BCUT2D eigenvalue weighted by molar-refractivity contribution is 6.33. The standard InChI is InChI=1S/C20H31ClN2O2/c1-13(2)9-8-10-15(5)22-20(25)18(14(3)4)23-19(24)16-11-6-7-12-17(16)21/h6-7,11-15,18H,8-10H2,1-5H3,(H,22,25)(H,23,24). The lowest BCUT2D eigenvalue weighted by Crippen LogP contribution is -2.51. The molecule has 0 heterocycles. The Kier molecular flexibility index (Phi) is 8.98. The molecule has 2 atom stereocenters.